The monoisotopic (exact) mass is 749 g/mol. The second-order valence-electron chi connectivity index (χ2n) is 14.5. The van der Waals surface area contributed by atoms with Gasteiger partial charge in [-0.15, -0.1) is 0 Å². The summed E-state index contributed by atoms with van der Waals surface area (Å²) in [4.78, 5) is 52.7. The number of piperazine rings is 1. The summed E-state index contributed by atoms with van der Waals surface area (Å²) in [7, 11) is 3.29. The van der Waals surface area contributed by atoms with Crippen molar-refractivity contribution < 1.29 is 18.7 Å². The molecule has 0 bridgehead atoms. The Hall–Kier alpha value is -6.14. The quantitative estimate of drug-likeness (QED) is 0.147. The topological polar surface area (TPSA) is 157 Å². The molecule has 2 amide bonds. The maximum absolute atomic E-state index is 13.8. The van der Waals surface area contributed by atoms with Crippen LogP contribution in [0.15, 0.2) is 86.7 Å². The Kier molecular flexibility index (Phi) is 13.3. The van der Waals surface area contributed by atoms with Crippen molar-refractivity contribution in [3.8, 4) is 0 Å². The lowest BCUT2D eigenvalue weighted by atomic mass is 10.1. The van der Waals surface area contributed by atoms with Crippen molar-refractivity contribution in [3.63, 3.8) is 0 Å². The fourth-order valence-electron chi connectivity index (χ4n) is 5.92. The summed E-state index contributed by atoms with van der Waals surface area (Å²) in [6.07, 6.45) is 1.98. The maximum atomic E-state index is 13.8. The van der Waals surface area contributed by atoms with E-state index in [1.54, 1.807) is 49.3 Å². The van der Waals surface area contributed by atoms with Crippen molar-refractivity contribution in [1.29, 1.82) is 0 Å². The molecule has 2 aliphatic heterocycles. The van der Waals surface area contributed by atoms with Crippen molar-refractivity contribution in [1.82, 2.24) is 20.0 Å². The minimum atomic E-state index is -0.851. The van der Waals surface area contributed by atoms with Crippen LogP contribution in [0.3, 0.4) is 0 Å². The molecule has 4 N–H and O–H groups in total. The number of benzene rings is 3. The van der Waals surface area contributed by atoms with Gasteiger partial charge < -0.3 is 25.6 Å². The number of aliphatic imine (C=N–C) groups is 4. The first-order valence-electron chi connectivity index (χ1n) is 18.0. The number of carbonyl (C=O) groups is 2. The van der Waals surface area contributed by atoms with Gasteiger partial charge in [-0.1, -0.05) is 42.5 Å². The van der Waals surface area contributed by atoms with Crippen LogP contribution in [0.25, 0.3) is 4.85 Å². The molecule has 1 saturated heterocycles. The highest BCUT2D eigenvalue weighted by molar-refractivity contribution is 6.04. The van der Waals surface area contributed by atoms with Gasteiger partial charge in [0.1, 0.15) is 17.5 Å². The van der Waals surface area contributed by atoms with Gasteiger partial charge in [-0.2, -0.15) is 0 Å². The Morgan fingerprint density at radius 1 is 1.07 bits per heavy atom. The van der Waals surface area contributed by atoms with Crippen molar-refractivity contribution in [2.75, 3.05) is 52.1 Å². The molecule has 1 fully saturated rings. The Balaban J connectivity index is 1.27. The van der Waals surface area contributed by atoms with E-state index in [2.05, 4.69) is 40.3 Å². The maximum Gasteiger partial charge on any atom is 0.410 e. The fourth-order valence-corrected chi connectivity index (χ4v) is 5.92. The van der Waals surface area contributed by atoms with Crippen LogP contribution in [-0.4, -0.2) is 109 Å². The summed E-state index contributed by atoms with van der Waals surface area (Å²) in [6.45, 7) is 16.3. The van der Waals surface area contributed by atoms with Gasteiger partial charge in [0.15, 0.2) is 11.6 Å². The Bertz CT molecular complexity index is 2010. The third-order valence-corrected chi connectivity index (χ3v) is 8.66. The van der Waals surface area contributed by atoms with E-state index >= 15 is 0 Å². The number of anilines is 1. The lowest BCUT2D eigenvalue weighted by Gasteiger charge is -2.35. The van der Waals surface area contributed by atoms with Crippen LogP contribution in [0.2, 0.25) is 0 Å². The number of halogens is 1. The van der Waals surface area contributed by atoms with Gasteiger partial charge in [0, 0.05) is 71.1 Å². The molecule has 1 atom stereocenters. The zero-order valence-corrected chi connectivity index (χ0v) is 31.9. The molecule has 3 aromatic carbocycles. The Morgan fingerprint density at radius 3 is 2.51 bits per heavy atom. The summed E-state index contributed by atoms with van der Waals surface area (Å²) >= 11 is 0. The Labute approximate surface area is 321 Å². The summed E-state index contributed by atoms with van der Waals surface area (Å²) in [5.41, 5.74) is 11.3. The van der Waals surface area contributed by atoms with Crippen LogP contribution < -0.4 is 16.4 Å². The summed E-state index contributed by atoms with van der Waals surface area (Å²) in [6, 6.07) is 18.6. The van der Waals surface area contributed by atoms with Gasteiger partial charge in [-0.05, 0) is 61.7 Å². The number of nitrogens with zero attached hydrogens (tertiary/aromatic N) is 8. The summed E-state index contributed by atoms with van der Waals surface area (Å²) in [5.74, 6) is -0.558. The van der Waals surface area contributed by atoms with Gasteiger partial charge in [-0.3, -0.25) is 20.0 Å². The molecule has 14 nitrogen and oxygen atoms in total. The SMILES string of the molecule is [C-]#[N+]c1ccc(C[C@H](N=C(N)NC(N=CNc2cccc(CN3CCN(C(=O)OC(C)(C)C)CC3)c2)=NCC2=Nc3cc(F)ccc3C2)C(=O)N(C)C)cc1. The molecule has 2 heterocycles. The van der Waals surface area contributed by atoms with Crippen LogP contribution in [0, 0.1) is 12.4 Å². The molecule has 0 aromatic heterocycles. The lowest BCUT2D eigenvalue weighted by molar-refractivity contribution is -0.129. The molecule has 0 spiro atoms. The first-order valence-corrected chi connectivity index (χ1v) is 18.0. The predicted octanol–water partition coefficient (Wildman–Crippen LogP) is 5.16. The number of hydrogen-bond acceptors (Lipinski definition) is 7. The van der Waals surface area contributed by atoms with Crippen LogP contribution in [0.4, 0.5) is 26.2 Å². The number of nitrogens with two attached hydrogens (primary N) is 1. The number of rotatable bonds is 10. The molecular formula is C40H48FN11O3. The van der Waals surface area contributed by atoms with Crippen molar-refractivity contribution in [2.24, 2.45) is 25.7 Å². The van der Waals surface area contributed by atoms with E-state index in [0.29, 0.717) is 37.4 Å². The molecular weight excluding hydrogens is 702 g/mol. The highest BCUT2D eigenvalue weighted by Crippen LogP contribution is 2.27. The number of ether oxygens (including phenoxy) is 1. The average Bonchev–Trinajstić information content (AvgIpc) is 3.55. The van der Waals surface area contributed by atoms with Crippen molar-refractivity contribution in [2.45, 2.75) is 51.8 Å². The van der Waals surface area contributed by atoms with Gasteiger partial charge >= 0.3 is 6.09 Å². The van der Waals surface area contributed by atoms with Crippen molar-refractivity contribution >= 4 is 53.0 Å². The zero-order valence-electron chi connectivity index (χ0n) is 31.9. The molecule has 0 unspecified atom stereocenters. The van der Waals surface area contributed by atoms with E-state index in [9.17, 15) is 14.0 Å². The number of guanidine groups is 2. The predicted molar refractivity (Wildman–Crippen MR) is 215 cm³/mol. The number of amides is 2. The number of nitrogens with one attached hydrogen (secondary N) is 2. The molecule has 0 saturated carbocycles. The summed E-state index contributed by atoms with van der Waals surface area (Å²) in [5, 5.41) is 6.15. The van der Waals surface area contributed by atoms with Gasteiger partial charge in [0.05, 0.1) is 25.1 Å². The molecule has 288 valence electrons. The molecule has 5 rings (SSSR count). The van der Waals surface area contributed by atoms with E-state index in [4.69, 9.17) is 17.0 Å². The Morgan fingerprint density at radius 2 is 1.82 bits per heavy atom. The van der Waals surface area contributed by atoms with Crippen LogP contribution in [0.1, 0.15) is 37.5 Å². The average molecular weight is 750 g/mol. The van der Waals surface area contributed by atoms with E-state index in [1.165, 1.54) is 23.4 Å². The van der Waals surface area contributed by atoms with Crippen LogP contribution in [-0.2, 0) is 28.9 Å². The number of carbonyl (C=O) groups excluding carboxylic acids is 2. The van der Waals surface area contributed by atoms with E-state index < -0.39 is 11.6 Å². The number of likely N-dealkylation sites (N-methyl/N-ethyl adjacent to an activating group) is 1. The molecule has 15 heteroatoms. The third kappa shape index (κ3) is 12.2. The molecule has 55 heavy (non-hydrogen) atoms. The lowest BCUT2D eigenvalue weighted by Crippen LogP contribution is -2.49. The molecule has 3 aromatic rings. The van der Waals surface area contributed by atoms with Crippen LogP contribution in [0.5, 0.6) is 0 Å². The minimum absolute atomic E-state index is 0.0682. The standard InChI is InChI=1S/C40H48FN11O3/c1-40(2,3)55-39(54)52-18-16-51(17-19-52)25-28-8-7-9-32(20-28)45-26-46-38(44-24-33-22-29-12-13-30(41)23-34(29)47-33)49-37(42)48-35(36(53)50(5)6)21-27-10-14-31(43-4)15-11-27/h7-15,20,23,26,35H,16-19,21-22,24-25H2,1-3,5-6H3,(H4,42,44,45,46,48,49)/t35-/m0/s1. The van der Waals surface area contributed by atoms with Gasteiger partial charge in [0.25, 0.3) is 0 Å². The van der Waals surface area contributed by atoms with E-state index in [-0.39, 0.29) is 42.7 Å². The smallest absolute Gasteiger partial charge is 0.410 e. The van der Waals surface area contributed by atoms with Gasteiger partial charge in [-0.25, -0.2) is 29.0 Å². The highest BCUT2D eigenvalue weighted by Gasteiger charge is 2.26. The third-order valence-electron chi connectivity index (χ3n) is 8.66. The first kappa shape index (κ1) is 40.1. The normalized spacial score (nSPS) is 15.6. The zero-order chi connectivity index (χ0) is 39.5. The van der Waals surface area contributed by atoms with E-state index in [1.807, 2.05) is 45.0 Å². The first-order chi connectivity index (χ1) is 26.2. The minimum Gasteiger partial charge on any atom is -0.444 e. The number of hydrogen-bond donors (Lipinski definition) is 3. The second-order valence-corrected chi connectivity index (χ2v) is 14.5. The molecule has 0 radical (unpaired) electrons. The molecule has 0 aliphatic carbocycles. The van der Waals surface area contributed by atoms with E-state index in [0.717, 1.165) is 41.2 Å². The van der Waals surface area contributed by atoms with Crippen LogP contribution >= 0.6 is 0 Å². The molecule has 2 aliphatic rings. The highest BCUT2D eigenvalue weighted by atomic mass is 19.1. The fraction of sp³-hybridized carbons (Fsp3) is 0.375. The number of fused-ring (bicyclic) bond motifs is 1. The van der Waals surface area contributed by atoms with Gasteiger partial charge in [0.2, 0.25) is 11.9 Å². The second kappa shape index (κ2) is 18.3. The summed E-state index contributed by atoms with van der Waals surface area (Å²) < 4.78 is 19.3. The van der Waals surface area contributed by atoms with Crippen molar-refractivity contribution in [3.05, 3.63) is 101 Å². The largest absolute Gasteiger partial charge is 0.444 e.